The molecule has 3 nitrogen and oxygen atoms in total. The lowest BCUT2D eigenvalue weighted by Gasteiger charge is -2.30. The first-order valence-electron chi connectivity index (χ1n) is 6.72. The number of hydrogen-bond donors (Lipinski definition) is 0. The Balaban J connectivity index is 0.00000133. The van der Waals surface area contributed by atoms with E-state index in [1.54, 1.807) is 14.2 Å². The van der Waals surface area contributed by atoms with E-state index >= 15 is 0 Å². The molecule has 0 atom stereocenters. The average molecular weight is 328 g/mol. The summed E-state index contributed by atoms with van der Waals surface area (Å²) in [5, 5.41) is 0. The van der Waals surface area contributed by atoms with Crippen molar-refractivity contribution in [1.29, 1.82) is 0 Å². The van der Waals surface area contributed by atoms with Gasteiger partial charge in [0.1, 0.15) is 0 Å². The molecule has 0 unspecified atom stereocenters. The Morgan fingerprint density at radius 2 is 1.42 bits per heavy atom. The van der Waals surface area contributed by atoms with Gasteiger partial charge in [-0.05, 0) is 43.9 Å². The fraction of sp³-hybridized carbons (Fsp3) is 0.600. The van der Waals surface area contributed by atoms with E-state index in [9.17, 15) is 0 Å². The lowest BCUT2D eigenvalue weighted by molar-refractivity contribution is 0.299. The summed E-state index contributed by atoms with van der Waals surface area (Å²) >= 11 is 0. The molecule has 4 heteroatoms. The van der Waals surface area contributed by atoms with Crippen molar-refractivity contribution < 1.29 is 9.47 Å². The van der Waals surface area contributed by atoms with Crippen LogP contribution in [0.15, 0.2) is 0 Å². The van der Waals surface area contributed by atoms with Gasteiger partial charge in [0.25, 0.3) is 0 Å². The van der Waals surface area contributed by atoms with Crippen molar-refractivity contribution in [3.8, 4) is 11.5 Å². The minimum absolute atomic E-state index is 0. The molecule has 19 heavy (non-hydrogen) atoms. The molecule has 0 bridgehead atoms. The number of rotatable bonds is 2. The first kappa shape index (κ1) is 14.7. The van der Waals surface area contributed by atoms with Gasteiger partial charge in [0, 0.05) is 24.2 Å². The number of methoxy groups -OCH3 is 2. The SMILES string of the molecule is Br.COc1c2c(c3c(c1OC)CCN(C)C3)CCC2. The van der Waals surface area contributed by atoms with Crippen LogP contribution in [0.3, 0.4) is 0 Å². The minimum atomic E-state index is 0. The molecule has 3 rings (SSSR count). The normalized spacial score (nSPS) is 17.4. The predicted octanol–water partition coefficient (Wildman–Crippen LogP) is 2.76. The third-order valence-corrected chi connectivity index (χ3v) is 4.28. The number of fused-ring (bicyclic) bond motifs is 3. The molecule has 2 aliphatic rings. The third-order valence-electron chi connectivity index (χ3n) is 4.28. The first-order valence-corrected chi connectivity index (χ1v) is 6.72. The molecule has 0 spiro atoms. The van der Waals surface area contributed by atoms with Crippen LogP contribution >= 0.6 is 17.0 Å². The molecule has 0 saturated heterocycles. The third kappa shape index (κ3) is 2.25. The maximum atomic E-state index is 5.65. The summed E-state index contributed by atoms with van der Waals surface area (Å²) in [4.78, 5) is 2.40. The Hall–Kier alpha value is -0.740. The van der Waals surface area contributed by atoms with Crippen LogP contribution in [0.4, 0.5) is 0 Å². The summed E-state index contributed by atoms with van der Waals surface area (Å²) < 4.78 is 11.3. The molecule has 0 fully saturated rings. The van der Waals surface area contributed by atoms with Gasteiger partial charge in [0.2, 0.25) is 0 Å². The zero-order valence-corrected chi connectivity index (χ0v) is 13.6. The summed E-state index contributed by atoms with van der Waals surface area (Å²) in [6, 6.07) is 0. The quantitative estimate of drug-likeness (QED) is 0.833. The van der Waals surface area contributed by atoms with Crippen LogP contribution in [-0.4, -0.2) is 32.7 Å². The fourth-order valence-corrected chi connectivity index (χ4v) is 3.46. The fourth-order valence-electron chi connectivity index (χ4n) is 3.46. The number of likely N-dealkylation sites (N-methyl/N-ethyl adjacent to an activating group) is 1. The monoisotopic (exact) mass is 327 g/mol. The van der Waals surface area contributed by atoms with Crippen LogP contribution in [0.2, 0.25) is 0 Å². The van der Waals surface area contributed by atoms with Gasteiger partial charge in [-0.2, -0.15) is 0 Å². The highest BCUT2D eigenvalue weighted by Crippen LogP contribution is 2.45. The predicted molar refractivity (Wildman–Crippen MR) is 81.9 cm³/mol. The van der Waals surface area contributed by atoms with E-state index in [1.807, 2.05) is 0 Å². The Bertz CT molecular complexity index is 488. The topological polar surface area (TPSA) is 21.7 Å². The molecule has 1 aliphatic carbocycles. The van der Waals surface area contributed by atoms with Gasteiger partial charge < -0.3 is 14.4 Å². The highest BCUT2D eigenvalue weighted by Gasteiger charge is 2.29. The first-order chi connectivity index (χ1) is 8.76. The zero-order valence-electron chi connectivity index (χ0n) is 11.9. The molecule has 0 saturated carbocycles. The highest BCUT2D eigenvalue weighted by atomic mass is 79.9. The molecule has 1 aromatic rings. The van der Waals surface area contributed by atoms with Crippen molar-refractivity contribution in [3.63, 3.8) is 0 Å². The molecule has 0 N–H and O–H groups in total. The van der Waals surface area contributed by atoms with Crippen molar-refractivity contribution in [1.82, 2.24) is 4.90 Å². The summed E-state index contributed by atoms with van der Waals surface area (Å²) in [5.74, 6) is 1.98. The Morgan fingerprint density at radius 1 is 0.842 bits per heavy atom. The van der Waals surface area contributed by atoms with E-state index in [0.29, 0.717) is 0 Å². The van der Waals surface area contributed by atoms with Gasteiger partial charge >= 0.3 is 0 Å². The molecule has 0 aromatic heterocycles. The van der Waals surface area contributed by atoms with E-state index in [2.05, 4.69) is 11.9 Å². The summed E-state index contributed by atoms with van der Waals surface area (Å²) in [7, 11) is 5.72. The number of hydrogen-bond acceptors (Lipinski definition) is 3. The second kappa shape index (κ2) is 5.71. The number of ether oxygens (including phenoxy) is 2. The lowest BCUT2D eigenvalue weighted by atomic mass is 9.91. The Morgan fingerprint density at radius 3 is 2.05 bits per heavy atom. The molecule has 0 radical (unpaired) electrons. The second-order valence-electron chi connectivity index (χ2n) is 5.32. The molecule has 1 aromatic carbocycles. The molecule has 1 aliphatic heterocycles. The smallest absolute Gasteiger partial charge is 0.164 e. The maximum absolute atomic E-state index is 5.65. The van der Waals surface area contributed by atoms with Crippen LogP contribution in [0.1, 0.15) is 28.7 Å². The molecular weight excluding hydrogens is 306 g/mol. The largest absolute Gasteiger partial charge is 0.493 e. The zero-order chi connectivity index (χ0) is 12.7. The number of halogens is 1. The highest BCUT2D eigenvalue weighted by molar-refractivity contribution is 8.93. The van der Waals surface area contributed by atoms with Crippen LogP contribution in [-0.2, 0) is 25.8 Å². The van der Waals surface area contributed by atoms with Crippen molar-refractivity contribution in [2.75, 3.05) is 27.8 Å². The van der Waals surface area contributed by atoms with Crippen molar-refractivity contribution >= 4 is 17.0 Å². The second-order valence-corrected chi connectivity index (χ2v) is 5.32. The molecule has 0 amide bonds. The maximum Gasteiger partial charge on any atom is 0.164 e. The van der Waals surface area contributed by atoms with Crippen LogP contribution < -0.4 is 9.47 Å². The minimum Gasteiger partial charge on any atom is -0.493 e. The Kier molecular flexibility index (Phi) is 4.41. The van der Waals surface area contributed by atoms with E-state index < -0.39 is 0 Å². The number of benzene rings is 1. The van der Waals surface area contributed by atoms with Crippen LogP contribution in [0.25, 0.3) is 0 Å². The van der Waals surface area contributed by atoms with Gasteiger partial charge in [0.15, 0.2) is 11.5 Å². The Labute approximate surface area is 125 Å². The van der Waals surface area contributed by atoms with E-state index in [0.717, 1.165) is 37.4 Å². The van der Waals surface area contributed by atoms with Crippen LogP contribution in [0.5, 0.6) is 11.5 Å². The van der Waals surface area contributed by atoms with Gasteiger partial charge in [0.05, 0.1) is 14.2 Å². The summed E-state index contributed by atoms with van der Waals surface area (Å²) in [5.41, 5.74) is 5.82. The number of nitrogens with zero attached hydrogens (tertiary/aromatic N) is 1. The van der Waals surface area contributed by atoms with E-state index in [1.165, 1.54) is 35.1 Å². The van der Waals surface area contributed by atoms with Gasteiger partial charge in [-0.15, -0.1) is 17.0 Å². The van der Waals surface area contributed by atoms with Crippen molar-refractivity contribution in [2.24, 2.45) is 0 Å². The molecule has 1 heterocycles. The summed E-state index contributed by atoms with van der Waals surface area (Å²) in [6.07, 6.45) is 4.64. The van der Waals surface area contributed by atoms with E-state index in [-0.39, 0.29) is 17.0 Å². The standard InChI is InChI=1S/C15H21NO2.BrH/c1-16-8-7-12-13(9-16)10-5-4-6-11(10)14(17-2)15(12)18-3;/h4-9H2,1-3H3;1H. The molecular formula is C15H22BrNO2. The van der Waals surface area contributed by atoms with Crippen molar-refractivity contribution in [2.45, 2.75) is 32.2 Å². The van der Waals surface area contributed by atoms with Gasteiger partial charge in [-0.3, -0.25) is 0 Å². The van der Waals surface area contributed by atoms with Crippen molar-refractivity contribution in [3.05, 3.63) is 22.3 Å². The molecule has 106 valence electrons. The van der Waals surface area contributed by atoms with E-state index in [4.69, 9.17) is 9.47 Å². The average Bonchev–Trinajstić information content (AvgIpc) is 2.86. The van der Waals surface area contributed by atoms with Crippen LogP contribution in [0, 0.1) is 0 Å². The lowest BCUT2D eigenvalue weighted by Crippen LogP contribution is -2.28. The van der Waals surface area contributed by atoms with Gasteiger partial charge in [-0.1, -0.05) is 0 Å². The summed E-state index contributed by atoms with van der Waals surface area (Å²) in [6.45, 7) is 2.16. The van der Waals surface area contributed by atoms with Gasteiger partial charge in [-0.25, -0.2) is 0 Å².